The van der Waals surface area contributed by atoms with Crippen LogP contribution in [0.4, 0.5) is 13.2 Å². The van der Waals surface area contributed by atoms with Gasteiger partial charge in [-0.3, -0.25) is 0 Å². The molecule has 3 aromatic rings. The summed E-state index contributed by atoms with van der Waals surface area (Å²) in [4.78, 5) is 17.2. The van der Waals surface area contributed by atoms with Crippen LogP contribution >= 0.6 is 11.8 Å². The summed E-state index contributed by atoms with van der Waals surface area (Å²) in [5.74, 6) is -0.655. The highest BCUT2D eigenvalue weighted by Crippen LogP contribution is 2.38. The summed E-state index contributed by atoms with van der Waals surface area (Å²) >= 11 is 1.40. The van der Waals surface area contributed by atoms with E-state index in [1.54, 1.807) is 19.1 Å². The van der Waals surface area contributed by atoms with Crippen molar-refractivity contribution >= 4 is 28.6 Å². The average Bonchev–Trinajstić information content (AvgIpc) is 2.65. The van der Waals surface area contributed by atoms with E-state index in [0.29, 0.717) is 22.2 Å². The van der Waals surface area contributed by atoms with Gasteiger partial charge in [0.25, 0.3) is 0 Å². The van der Waals surface area contributed by atoms with Gasteiger partial charge in [0, 0.05) is 21.9 Å². The number of pyridine rings is 1. The van der Waals surface area contributed by atoms with Crippen molar-refractivity contribution < 1.29 is 27.8 Å². The molecule has 146 valence electrons. The number of carboxylic acid groups (broad SMARTS) is 1. The summed E-state index contributed by atoms with van der Waals surface area (Å²) in [5, 5.41) is 10.2. The molecule has 0 amide bonds. The lowest BCUT2D eigenvalue weighted by molar-refractivity contribution is -0.137. The van der Waals surface area contributed by atoms with Gasteiger partial charge < -0.3 is 9.84 Å². The molecule has 1 N–H and O–H groups in total. The van der Waals surface area contributed by atoms with E-state index in [1.165, 1.54) is 31.0 Å². The van der Waals surface area contributed by atoms with Gasteiger partial charge in [-0.1, -0.05) is 12.1 Å². The van der Waals surface area contributed by atoms with Gasteiger partial charge in [0.1, 0.15) is 5.75 Å². The van der Waals surface area contributed by atoms with Crippen molar-refractivity contribution in [1.29, 1.82) is 0 Å². The minimum Gasteiger partial charge on any atom is -0.496 e. The molecule has 0 bridgehead atoms. The van der Waals surface area contributed by atoms with Crippen LogP contribution < -0.4 is 4.74 Å². The van der Waals surface area contributed by atoms with Crippen molar-refractivity contribution in [2.24, 2.45) is 0 Å². The fourth-order valence-corrected chi connectivity index (χ4v) is 3.66. The first kappa shape index (κ1) is 20.0. The monoisotopic (exact) mass is 407 g/mol. The fraction of sp³-hybridized carbons (Fsp3) is 0.200. The van der Waals surface area contributed by atoms with Crippen LogP contribution in [0.5, 0.6) is 5.75 Å². The third-order valence-electron chi connectivity index (χ3n) is 4.41. The highest BCUT2D eigenvalue weighted by atomic mass is 32.2. The maximum Gasteiger partial charge on any atom is 0.416 e. The number of aromatic nitrogens is 1. The number of fused-ring (bicyclic) bond motifs is 1. The lowest BCUT2D eigenvalue weighted by Gasteiger charge is -2.15. The number of nitrogens with zero attached hydrogens (tertiary/aromatic N) is 1. The standard InChI is InChI=1S/C20H16F3NO3S/c1-10-17(19(25)26)13-8-16(28-3)15(27-2)9-14(13)24-18(10)11-5-4-6-12(7-11)20(21,22)23/h4-9H,1-3H3,(H,25,26). The Bertz CT molecular complexity index is 1080. The minimum atomic E-state index is -4.51. The Balaban J connectivity index is 2.36. The number of halogens is 3. The summed E-state index contributed by atoms with van der Waals surface area (Å²) in [6.07, 6.45) is -2.67. The number of methoxy groups -OCH3 is 1. The average molecular weight is 407 g/mol. The Morgan fingerprint density at radius 3 is 2.50 bits per heavy atom. The summed E-state index contributed by atoms with van der Waals surface area (Å²) < 4.78 is 44.6. The molecule has 1 heterocycles. The van der Waals surface area contributed by atoms with E-state index in [9.17, 15) is 23.1 Å². The van der Waals surface area contributed by atoms with Gasteiger partial charge in [-0.25, -0.2) is 9.78 Å². The van der Waals surface area contributed by atoms with Gasteiger partial charge >= 0.3 is 12.1 Å². The molecule has 1 aromatic heterocycles. The normalized spacial score (nSPS) is 11.6. The molecule has 2 aromatic carbocycles. The van der Waals surface area contributed by atoms with E-state index in [4.69, 9.17) is 4.74 Å². The number of hydrogen-bond donors (Lipinski definition) is 1. The molecule has 0 spiro atoms. The second kappa shape index (κ2) is 7.35. The quantitative estimate of drug-likeness (QED) is 0.566. The molecule has 0 saturated heterocycles. The predicted octanol–water partition coefficient (Wildman–Crippen LogP) is 5.66. The zero-order valence-electron chi connectivity index (χ0n) is 15.2. The van der Waals surface area contributed by atoms with Gasteiger partial charge in [-0.05, 0) is 36.9 Å². The second-order valence-corrected chi connectivity index (χ2v) is 6.92. The first-order valence-corrected chi connectivity index (χ1v) is 9.37. The van der Waals surface area contributed by atoms with Crippen LogP contribution in [0.25, 0.3) is 22.2 Å². The minimum absolute atomic E-state index is 0.00960. The van der Waals surface area contributed by atoms with Gasteiger partial charge in [0.05, 0.1) is 29.4 Å². The Labute approximate surface area is 163 Å². The Hall–Kier alpha value is -2.74. The van der Waals surface area contributed by atoms with Crippen LogP contribution in [0.1, 0.15) is 21.5 Å². The largest absolute Gasteiger partial charge is 0.496 e. The van der Waals surface area contributed by atoms with Crippen molar-refractivity contribution in [3.05, 3.63) is 53.1 Å². The number of ether oxygens (including phenoxy) is 1. The van der Waals surface area contributed by atoms with E-state index in [-0.39, 0.29) is 16.8 Å². The molecular formula is C20H16F3NO3S. The second-order valence-electron chi connectivity index (χ2n) is 6.07. The summed E-state index contributed by atoms with van der Waals surface area (Å²) in [6.45, 7) is 1.55. The lowest BCUT2D eigenvalue weighted by atomic mass is 9.96. The zero-order valence-corrected chi connectivity index (χ0v) is 16.0. The molecule has 28 heavy (non-hydrogen) atoms. The van der Waals surface area contributed by atoms with E-state index in [2.05, 4.69) is 4.98 Å². The predicted molar refractivity (Wildman–Crippen MR) is 102 cm³/mol. The van der Waals surface area contributed by atoms with Crippen LogP contribution in [0, 0.1) is 6.92 Å². The van der Waals surface area contributed by atoms with E-state index in [1.807, 2.05) is 6.26 Å². The first-order chi connectivity index (χ1) is 13.2. The molecule has 0 atom stereocenters. The molecule has 0 aliphatic carbocycles. The molecule has 4 nitrogen and oxygen atoms in total. The maximum absolute atomic E-state index is 13.1. The number of thioether (sulfide) groups is 1. The summed E-state index contributed by atoms with van der Waals surface area (Å²) in [6, 6.07) is 7.98. The number of hydrogen-bond acceptors (Lipinski definition) is 4. The van der Waals surface area contributed by atoms with Crippen LogP contribution in [-0.4, -0.2) is 29.4 Å². The maximum atomic E-state index is 13.1. The third kappa shape index (κ3) is 3.52. The number of benzene rings is 2. The van der Waals surface area contributed by atoms with Crippen LogP contribution in [0.2, 0.25) is 0 Å². The lowest BCUT2D eigenvalue weighted by Crippen LogP contribution is -2.07. The smallest absolute Gasteiger partial charge is 0.416 e. The Morgan fingerprint density at radius 1 is 1.21 bits per heavy atom. The highest BCUT2D eigenvalue weighted by molar-refractivity contribution is 7.98. The SMILES string of the molecule is COc1cc2nc(-c3cccc(C(F)(F)F)c3)c(C)c(C(=O)O)c2cc1SC. The van der Waals surface area contributed by atoms with Crippen LogP contribution in [0.15, 0.2) is 41.3 Å². The van der Waals surface area contributed by atoms with Crippen molar-refractivity contribution in [3.8, 4) is 17.0 Å². The zero-order chi connectivity index (χ0) is 20.6. The Kier molecular flexibility index (Phi) is 5.25. The van der Waals surface area contributed by atoms with Crippen molar-refractivity contribution in [2.45, 2.75) is 18.0 Å². The van der Waals surface area contributed by atoms with Gasteiger partial charge in [-0.15, -0.1) is 11.8 Å². The number of carbonyl (C=O) groups is 1. The van der Waals surface area contributed by atoms with Crippen molar-refractivity contribution in [2.75, 3.05) is 13.4 Å². The molecule has 0 fully saturated rings. The number of alkyl halides is 3. The van der Waals surface area contributed by atoms with Crippen molar-refractivity contribution in [3.63, 3.8) is 0 Å². The highest BCUT2D eigenvalue weighted by Gasteiger charge is 2.31. The number of carboxylic acids is 1. The Morgan fingerprint density at radius 2 is 1.93 bits per heavy atom. The molecule has 0 radical (unpaired) electrons. The molecular weight excluding hydrogens is 391 g/mol. The number of rotatable bonds is 4. The molecule has 8 heteroatoms. The summed E-state index contributed by atoms with van der Waals surface area (Å²) in [7, 11) is 1.49. The molecule has 0 saturated carbocycles. The molecule has 0 aliphatic rings. The van der Waals surface area contributed by atoms with Gasteiger partial charge in [0.2, 0.25) is 0 Å². The van der Waals surface area contributed by atoms with E-state index < -0.39 is 17.7 Å². The first-order valence-electron chi connectivity index (χ1n) is 8.14. The number of aromatic carboxylic acids is 1. The van der Waals surface area contributed by atoms with Gasteiger partial charge in [-0.2, -0.15) is 13.2 Å². The topological polar surface area (TPSA) is 59.4 Å². The van der Waals surface area contributed by atoms with E-state index >= 15 is 0 Å². The van der Waals surface area contributed by atoms with E-state index in [0.717, 1.165) is 17.0 Å². The third-order valence-corrected chi connectivity index (χ3v) is 5.17. The molecule has 3 rings (SSSR count). The van der Waals surface area contributed by atoms with Crippen LogP contribution in [0.3, 0.4) is 0 Å². The van der Waals surface area contributed by atoms with Gasteiger partial charge in [0.15, 0.2) is 0 Å². The van der Waals surface area contributed by atoms with Crippen LogP contribution in [-0.2, 0) is 6.18 Å². The molecule has 0 aliphatic heterocycles. The fourth-order valence-electron chi connectivity index (χ4n) is 3.09. The molecule has 0 unspecified atom stereocenters. The summed E-state index contributed by atoms with van der Waals surface area (Å²) in [5.41, 5.74) is 0.218. The van der Waals surface area contributed by atoms with Crippen molar-refractivity contribution in [1.82, 2.24) is 4.98 Å².